The van der Waals surface area contributed by atoms with Gasteiger partial charge in [-0.15, -0.1) is 0 Å². The Hall–Kier alpha value is -1.14. The van der Waals surface area contributed by atoms with Crippen LogP contribution in [0.15, 0.2) is 0 Å². The van der Waals surface area contributed by atoms with Gasteiger partial charge in [-0.2, -0.15) is 0 Å². The van der Waals surface area contributed by atoms with Crippen LogP contribution in [0, 0.1) is 0 Å². The number of aliphatic hydroxyl groups is 2. The number of hydrogen-bond acceptors (Lipinski definition) is 5. The fraction of sp³-hybridized carbons (Fsp3) is 0.970. The summed E-state index contributed by atoms with van der Waals surface area (Å²) in [5.41, 5.74) is 0. The molecule has 2 atom stereocenters. The van der Waals surface area contributed by atoms with E-state index in [4.69, 9.17) is 4.74 Å². The second-order valence-corrected chi connectivity index (χ2v) is 23.2. The summed E-state index contributed by atoms with van der Waals surface area (Å²) in [6.07, 6.45) is 74.1. The van der Waals surface area contributed by atoms with Crippen LogP contribution in [-0.2, 0) is 14.3 Å². The van der Waals surface area contributed by atoms with Gasteiger partial charge in [-0.3, -0.25) is 9.59 Å². The van der Waals surface area contributed by atoms with Gasteiger partial charge in [-0.25, -0.2) is 0 Å². The van der Waals surface area contributed by atoms with E-state index in [0.717, 1.165) is 38.5 Å². The summed E-state index contributed by atoms with van der Waals surface area (Å²) in [6.45, 7) is 4.99. The van der Waals surface area contributed by atoms with Gasteiger partial charge in [0.1, 0.15) is 0 Å². The summed E-state index contributed by atoms with van der Waals surface area (Å²) in [5.74, 6) is -0.0175. The van der Waals surface area contributed by atoms with Crippen LogP contribution >= 0.6 is 0 Å². The van der Waals surface area contributed by atoms with Crippen LogP contribution in [0.5, 0.6) is 0 Å². The Labute approximate surface area is 451 Å². The predicted octanol–water partition coefficient (Wildman–Crippen LogP) is 21.0. The van der Waals surface area contributed by atoms with Crippen molar-refractivity contribution < 1.29 is 24.5 Å². The number of aliphatic hydroxyl groups excluding tert-OH is 2. The van der Waals surface area contributed by atoms with Gasteiger partial charge in [0.2, 0.25) is 5.91 Å². The van der Waals surface area contributed by atoms with Gasteiger partial charge in [0, 0.05) is 12.8 Å². The van der Waals surface area contributed by atoms with E-state index >= 15 is 0 Å². The van der Waals surface area contributed by atoms with Gasteiger partial charge in [-0.05, 0) is 25.7 Å². The van der Waals surface area contributed by atoms with E-state index < -0.39 is 12.1 Å². The number of hydrogen-bond donors (Lipinski definition) is 3. The van der Waals surface area contributed by atoms with Crippen molar-refractivity contribution in [3.8, 4) is 0 Å². The second-order valence-electron chi connectivity index (χ2n) is 23.2. The molecule has 3 N–H and O–H groups in total. The molecule has 2 unspecified atom stereocenters. The predicted molar refractivity (Wildman–Crippen MR) is 315 cm³/mol. The smallest absolute Gasteiger partial charge is 0.305 e. The molecule has 0 aliphatic rings. The van der Waals surface area contributed by atoms with E-state index in [1.165, 1.54) is 315 Å². The Morgan fingerprint density at radius 2 is 0.569 bits per heavy atom. The quantitative estimate of drug-likeness (QED) is 0.0417. The molecule has 0 spiro atoms. The number of rotatable bonds is 63. The highest BCUT2D eigenvalue weighted by Crippen LogP contribution is 2.19. The van der Waals surface area contributed by atoms with Crippen molar-refractivity contribution >= 4 is 11.9 Å². The fourth-order valence-electron chi connectivity index (χ4n) is 10.8. The molecule has 0 aromatic carbocycles. The first-order valence-corrected chi connectivity index (χ1v) is 33.3. The molecule has 0 aliphatic heterocycles. The van der Waals surface area contributed by atoms with Gasteiger partial charge in [-0.1, -0.05) is 348 Å². The average Bonchev–Trinajstić information content (AvgIpc) is 3.38. The highest BCUT2D eigenvalue weighted by molar-refractivity contribution is 5.76. The SMILES string of the molecule is CCCCCCCCCCCCCCCCCCCCCCCCCC(O)C(CO)NC(=O)CCCCCCCCCCCCCCCCCCCCCCCOC(=O)CCCCCCCCCCCCC. The monoisotopic (exact) mass is 1020 g/mol. The first kappa shape index (κ1) is 70.9. The van der Waals surface area contributed by atoms with Crippen molar-refractivity contribution in [1.29, 1.82) is 0 Å². The fourth-order valence-corrected chi connectivity index (χ4v) is 10.8. The molecule has 6 heteroatoms. The minimum absolute atomic E-state index is 0.0131. The molecule has 0 bridgehead atoms. The molecule has 0 radical (unpaired) electrons. The number of carbonyl (C=O) groups excluding carboxylic acids is 2. The lowest BCUT2D eigenvalue weighted by molar-refractivity contribution is -0.143. The van der Waals surface area contributed by atoms with Crippen molar-refractivity contribution in [2.45, 2.75) is 398 Å². The lowest BCUT2D eigenvalue weighted by Crippen LogP contribution is -2.45. The number of esters is 1. The number of amides is 1. The number of carbonyl (C=O) groups is 2. The molecule has 0 aromatic rings. The maximum Gasteiger partial charge on any atom is 0.305 e. The van der Waals surface area contributed by atoms with E-state index in [9.17, 15) is 19.8 Å². The third-order valence-corrected chi connectivity index (χ3v) is 15.9. The van der Waals surface area contributed by atoms with Crippen molar-refractivity contribution in [3.05, 3.63) is 0 Å². The summed E-state index contributed by atoms with van der Waals surface area (Å²) >= 11 is 0. The van der Waals surface area contributed by atoms with Crippen molar-refractivity contribution in [1.82, 2.24) is 5.32 Å². The maximum atomic E-state index is 12.5. The second kappa shape index (κ2) is 62.4. The molecule has 0 heterocycles. The van der Waals surface area contributed by atoms with Crippen molar-refractivity contribution in [2.24, 2.45) is 0 Å². The third-order valence-electron chi connectivity index (χ3n) is 15.9. The van der Waals surface area contributed by atoms with Crippen LogP contribution in [0.4, 0.5) is 0 Å². The summed E-state index contributed by atoms with van der Waals surface area (Å²) in [7, 11) is 0. The van der Waals surface area contributed by atoms with Gasteiger partial charge >= 0.3 is 5.97 Å². The van der Waals surface area contributed by atoms with Gasteiger partial charge in [0.15, 0.2) is 0 Å². The first-order valence-electron chi connectivity index (χ1n) is 33.3. The minimum Gasteiger partial charge on any atom is -0.466 e. The number of unbranched alkanes of at least 4 members (excludes halogenated alkanes) is 52. The minimum atomic E-state index is -0.665. The Morgan fingerprint density at radius 1 is 0.333 bits per heavy atom. The van der Waals surface area contributed by atoms with E-state index in [0.29, 0.717) is 25.9 Å². The zero-order valence-corrected chi connectivity index (χ0v) is 49.2. The molecule has 430 valence electrons. The lowest BCUT2D eigenvalue weighted by atomic mass is 10.0. The topological polar surface area (TPSA) is 95.9 Å². The van der Waals surface area contributed by atoms with Gasteiger partial charge in [0.05, 0.1) is 25.4 Å². The lowest BCUT2D eigenvalue weighted by Gasteiger charge is -2.22. The number of nitrogens with one attached hydrogen (secondary N) is 1. The molecule has 6 nitrogen and oxygen atoms in total. The number of ether oxygens (including phenoxy) is 1. The molecule has 0 saturated heterocycles. The molecular weight excluding hydrogens is 887 g/mol. The summed E-state index contributed by atoms with van der Waals surface area (Å²) in [6, 6.07) is -0.542. The van der Waals surface area contributed by atoms with E-state index in [1.807, 2.05) is 0 Å². The molecule has 0 fully saturated rings. The first-order chi connectivity index (χ1) is 35.5. The molecule has 1 amide bonds. The van der Waals surface area contributed by atoms with Crippen LogP contribution in [0.2, 0.25) is 0 Å². The third kappa shape index (κ3) is 58.1. The van der Waals surface area contributed by atoms with Crippen molar-refractivity contribution in [2.75, 3.05) is 13.2 Å². The van der Waals surface area contributed by atoms with E-state index in [-0.39, 0.29) is 18.5 Å². The van der Waals surface area contributed by atoms with Crippen LogP contribution in [-0.4, -0.2) is 47.4 Å². The zero-order chi connectivity index (χ0) is 52.2. The van der Waals surface area contributed by atoms with E-state index in [2.05, 4.69) is 19.2 Å². The Kier molecular flexibility index (Phi) is 61.4. The molecule has 0 rings (SSSR count). The van der Waals surface area contributed by atoms with Crippen molar-refractivity contribution in [3.63, 3.8) is 0 Å². The molecule has 0 aliphatic carbocycles. The Balaban J connectivity index is 3.38. The van der Waals surface area contributed by atoms with Crippen LogP contribution in [0.3, 0.4) is 0 Å². The molecule has 72 heavy (non-hydrogen) atoms. The van der Waals surface area contributed by atoms with E-state index in [1.54, 1.807) is 0 Å². The summed E-state index contributed by atoms with van der Waals surface area (Å²) in [5, 5.41) is 23.4. The average molecular weight is 1020 g/mol. The highest BCUT2D eigenvalue weighted by atomic mass is 16.5. The van der Waals surface area contributed by atoms with Gasteiger partial charge in [0.25, 0.3) is 0 Å². The van der Waals surface area contributed by atoms with Crippen LogP contribution in [0.25, 0.3) is 0 Å². The maximum absolute atomic E-state index is 12.5. The molecule has 0 aromatic heterocycles. The normalized spacial score (nSPS) is 12.4. The largest absolute Gasteiger partial charge is 0.466 e. The van der Waals surface area contributed by atoms with Crippen LogP contribution < -0.4 is 5.32 Å². The van der Waals surface area contributed by atoms with Gasteiger partial charge < -0.3 is 20.3 Å². The summed E-state index contributed by atoms with van der Waals surface area (Å²) < 4.78 is 5.47. The van der Waals surface area contributed by atoms with Crippen LogP contribution in [0.1, 0.15) is 386 Å². The Morgan fingerprint density at radius 3 is 0.847 bits per heavy atom. The molecular formula is C66H131NO5. The highest BCUT2D eigenvalue weighted by Gasteiger charge is 2.20. The standard InChI is InChI=1S/C66H131NO5/c1-3-5-7-9-11-13-15-16-17-18-19-20-21-23-26-29-32-35-39-42-46-50-54-58-64(69)63(62-68)67-65(70)59-55-51-47-43-40-36-33-30-27-24-22-25-28-31-34-37-41-45-49-53-57-61-72-66(71)60-56-52-48-44-38-14-12-10-8-6-4-2/h63-64,68-69H,3-62H2,1-2H3,(H,67,70). The summed E-state index contributed by atoms with van der Waals surface area (Å²) in [4.78, 5) is 24.5. The Bertz CT molecular complexity index is 1040. The zero-order valence-electron chi connectivity index (χ0n) is 49.2. The molecule has 0 saturated carbocycles.